The van der Waals surface area contributed by atoms with E-state index in [1.807, 2.05) is 69.5 Å². The minimum absolute atomic E-state index is 0.109. The largest absolute Gasteiger partial charge is 0.497 e. The van der Waals surface area contributed by atoms with E-state index in [9.17, 15) is 57.1 Å². The molecule has 7 aliphatic rings. The van der Waals surface area contributed by atoms with Gasteiger partial charge in [0.1, 0.15) is 29.0 Å². The molecule has 6 heterocycles. The summed E-state index contributed by atoms with van der Waals surface area (Å²) in [6.07, 6.45) is 18.1. The number of alkyl halides is 9. The molecule has 12 rings (SSSR count). The second-order valence-corrected chi connectivity index (χ2v) is 30.9. The molecular formula is C95H119F13N18O. The fraction of sp³-hybridized carbons (Fsp3) is 0.389. The number of rotatable bonds is 36. The number of nitrogens with two attached hydrogens (primary N) is 6. The van der Waals surface area contributed by atoms with Crippen molar-refractivity contribution in [3.05, 3.63) is 271 Å². The average Bonchev–Trinajstić information content (AvgIpc) is 1.35. The van der Waals surface area contributed by atoms with Crippen LogP contribution in [0, 0.1) is 29.2 Å². The highest BCUT2D eigenvalue weighted by Gasteiger charge is 2.37. The Labute approximate surface area is 737 Å². The molecule has 0 radical (unpaired) electrons. The lowest BCUT2D eigenvalue weighted by Gasteiger charge is -2.17. The first kappa shape index (κ1) is 104. The van der Waals surface area contributed by atoms with E-state index in [0.29, 0.717) is 107 Å². The average molecular weight is 1780 g/mol. The third kappa shape index (κ3) is 37.1. The molecule has 32 heteroatoms. The van der Waals surface area contributed by atoms with Crippen molar-refractivity contribution < 1.29 is 61.8 Å². The van der Waals surface area contributed by atoms with Crippen LogP contribution in [0.25, 0.3) is 30.4 Å². The van der Waals surface area contributed by atoms with E-state index in [2.05, 4.69) is 105 Å². The SMILES string of the molecule is CN(CCN)CC1=CCN=C1/C=C/c1cc(C(F)(F)F)cc(C(F)(F)F)c1.CN(CCN)CC1=CCN=C1/C=C/c1cc(F)cc(F)c1.CN(CCN)CC1=CCN=C1/C=C/c1ccc(F)cc1F.CN(CCN)CC1=CCN=C1/C=C/c1cccc(C(F)(F)F)c1.CN(CCN)CC1=CCN=C1C1CC1.COc1cccc(/C=C/C2=NCC=C2CN(C)CCN)c1. The molecule has 6 aliphatic heterocycles. The van der Waals surface area contributed by atoms with Crippen molar-refractivity contribution in [2.24, 2.45) is 70.3 Å². The van der Waals surface area contributed by atoms with Crippen LogP contribution >= 0.6 is 0 Å². The molecule has 5 aromatic rings. The highest BCUT2D eigenvalue weighted by atomic mass is 19.4. The van der Waals surface area contributed by atoms with Gasteiger partial charge in [-0.15, -0.1) is 0 Å². The van der Waals surface area contributed by atoms with Gasteiger partial charge in [0.2, 0.25) is 0 Å². The third-order valence-corrected chi connectivity index (χ3v) is 20.2. The topological polar surface area (TPSA) is 259 Å². The van der Waals surface area contributed by atoms with Crippen molar-refractivity contribution in [1.82, 2.24) is 29.4 Å². The number of methoxy groups -OCH3 is 1. The van der Waals surface area contributed by atoms with Crippen LogP contribution < -0.4 is 39.1 Å². The fourth-order valence-corrected chi connectivity index (χ4v) is 13.5. The molecule has 686 valence electrons. The van der Waals surface area contributed by atoms with E-state index >= 15 is 0 Å². The Morgan fingerprint density at radius 2 is 0.646 bits per heavy atom. The lowest BCUT2D eigenvalue weighted by atomic mass is 10.0. The maximum absolute atomic E-state index is 13.6. The smallest absolute Gasteiger partial charge is 0.416 e. The van der Waals surface area contributed by atoms with Gasteiger partial charge in [-0.3, -0.25) is 30.0 Å². The maximum atomic E-state index is 13.6. The van der Waals surface area contributed by atoms with Gasteiger partial charge in [0, 0.05) is 147 Å². The Kier molecular flexibility index (Phi) is 43.2. The van der Waals surface area contributed by atoms with Gasteiger partial charge in [0.25, 0.3) is 0 Å². The van der Waals surface area contributed by atoms with Gasteiger partial charge in [0.05, 0.1) is 91.6 Å². The van der Waals surface area contributed by atoms with Gasteiger partial charge in [-0.2, -0.15) is 39.5 Å². The summed E-state index contributed by atoms with van der Waals surface area (Å²) in [6, 6.07) is 21.7. The molecule has 19 nitrogen and oxygen atoms in total. The Morgan fingerprint density at radius 1 is 0.331 bits per heavy atom. The van der Waals surface area contributed by atoms with Crippen LogP contribution in [-0.2, 0) is 18.5 Å². The molecule has 12 N–H and O–H groups in total. The zero-order valence-corrected chi connectivity index (χ0v) is 73.2. The second-order valence-electron chi connectivity index (χ2n) is 30.9. The van der Waals surface area contributed by atoms with Crippen LogP contribution in [0.3, 0.4) is 0 Å². The first-order chi connectivity index (χ1) is 60.6. The minimum atomic E-state index is -4.87. The number of hydrogen-bond acceptors (Lipinski definition) is 19. The summed E-state index contributed by atoms with van der Waals surface area (Å²) in [6.45, 7) is 17.2. The number of benzene rings is 5. The van der Waals surface area contributed by atoms with Crippen molar-refractivity contribution in [2.75, 3.05) is 206 Å². The molecule has 0 amide bonds. The second kappa shape index (κ2) is 52.8. The van der Waals surface area contributed by atoms with Crippen molar-refractivity contribution in [1.29, 1.82) is 0 Å². The summed E-state index contributed by atoms with van der Waals surface area (Å²) in [7, 11) is 13.7. The summed E-state index contributed by atoms with van der Waals surface area (Å²) in [5.74, 6) is -0.663. The summed E-state index contributed by atoms with van der Waals surface area (Å²) in [5.41, 5.74) is 44.4. The summed E-state index contributed by atoms with van der Waals surface area (Å²) in [4.78, 5) is 39.2. The summed E-state index contributed by atoms with van der Waals surface area (Å²) in [5, 5.41) is 0. The Morgan fingerprint density at radius 3 is 0.992 bits per heavy atom. The monoisotopic (exact) mass is 1770 g/mol. The standard InChI is InChI=1S/C18H19F6N3.C17H20F3N3.C17H23N3O.2C16H19F2N3.C11H19N3/c1-27(7-5-25)11-13-4-6-26-16(13)3-2-12-8-14(17(19,20)21)10-15(9-12)18(22,23)24;1-23(10-8-21)12-14-7-9-22-16(14)6-5-13-3-2-4-15(11-13)17(18,19)20;1-20(11-9-18)13-15-8-10-19-17(15)7-6-14-4-3-5-16(12-14)21-2;1-21(9-7-19)11-13-6-8-20-16(13)5-3-12-2-4-14(17)10-15(12)18;1-21(7-5-19)11-13-4-6-20-16(13)3-2-12-8-14(17)10-15(18)9-12;1-14(7-5-12)8-10-4-6-13-11(10)9-2-3-9/h2-4,8-10H,5-7,11,25H2,1H3;2-7,11H,8-10,12,21H2,1H3;3-8,12H,9-11,13,18H2,1-2H3;2-6,10H,7-9,11,19H2,1H3;2-4,8-10H,5-7,11,19H2,1H3;4,9H,2-3,5-8,12H2,1H3/b3-2+;6-5+;7-6+;5-3+;3-2+;. The number of aliphatic imine (C=N–C) groups is 6. The Hall–Kier alpha value is -10.3. The number of hydrogen-bond donors (Lipinski definition) is 6. The zero-order chi connectivity index (χ0) is 92.6. The number of allylic oxidation sites excluding steroid dienone is 5. The number of likely N-dealkylation sites (N-methyl/N-ethyl adjacent to an activating group) is 6. The first-order valence-corrected chi connectivity index (χ1v) is 41.8. The highest BCUT2D eigenvalue weighted by Crippen LogP contribution is 2.38. The van der Waals surface area contributed by atoms with E-state index in [1.54, 1.807) is 49.6 Å². The highest BCUT2D eigenvalue weighted by molar-refractivity contribution is 6.14. The fourth-order valence-electron chi connectivity index (χ4n) is 13.5. The molecule has 0 unspecified atom stereocenters. The van der Waals surface area contributed by atoms with Gasteiger partial charge >= 0.3 is 18.5 Å². The van der Waals surface area contributed by atoms with Crippen molar-refractivity contribution in [3.8, 4) is 5.75 Å². The van der Waals surface area contributed by atoms with E-state index in [-0.39, 0.29) is 11.6 Å². The molecule has 0 bridgehead atoms. The molecule has 1 aliphatic carbocycles. The number of halogens is 13. The molecule has 0 atom stereocenters. The Bertz CT molecular complexity index is 4910. The molecule has 0 aromatic heterocycles. The van der Waals surface area contributed by atoms with Crippen LogP contribution in [0.15, 0.2) is 233 Å². The molecular weight excluding hydrogens is 1660 g/mol. The quantitative estimate of drug-likeness (QED) is 0.0204. The van der Waals surface area contributed by atoms with Crippen molar-refractivity contribution in [2.45, 2.75) is 31.4 Å². The van der Waals surface area contributed by atoms with E-state index in [1.165, 1.54) is 72.2 Å². The molecule has 1 saturated carbocycles. The number of ether oxygens (including phenoxy) is 1. The first-order valence-electron chi connectivity index (χ1n) is 41.8. The maximum Gasteiger partial charge on any atom is 0.416 e. The lowest BCUT2D eigenvalue weighted by molar-refractivity contribution is -0.143. The van der Waals surface area contributed by atoms with Gasteiger partial charge in [-0.25, -0.2) is 17.6 Å². The van der Waals surface area contributed by atoms with Crippen LogP contribution in [0.5, 0.6) is 5.75 Å². The van der Waals surface area contributed by atoms with Crippen LogP contribution in [-0.4, -0.2) is 270 Å². The Balaban J connectivity index is 0.000000210. The predicted molar refractivity (Wildman–Crippen MR) is 493 cm³/mol. The molecule has 127 heavy (non-hydrogen) atoms. The van der Waals surface area contributed by atoms with Crippen LogP contribution in [0.2, 0.25) is 0 Å². The van der Waals surface area contributed by atoms with Gasteiger partial charge in [-0.1, -0.05) is 85.0 Å². The number of nitrogens with zero attached hydrogens (tertiary/aromatic N) is 12. The summed E-state index contributed by atoms with van der Waals surface area (Å²) < 4.78 is 174. The summed E-state index contributed by atoms with van der Waals surface area (Å²) >= 11 is 0. The molecule has 0 spiro atoms. The lowest BCUT2D eigenvalue weighted by Crippen LogP contribution is -2.29. The van der Waals surface area contributed by atoms with Gasteiger partial charge in [0.15, 0.2) is 0 Å². The predicted octanol–water partition coefficient (Wildman–Crippen LogP) is 14.1. The van der Waals surface area contributed by atoms with Gasteiger partial charge in [-0.05, 0) is 214 Å². The van der Waals surface area contributed by atoms with Crippen molar-refractivity contribution in [3.63, 3.8) is 0 Å². The van der Waals surface area contributed by atoms with Crippen LogP contribution in [0.1, 0.15) is 57.3 Å². The zero-order valence-electron chi connectivity index (χ0n) is 73.2. The van der Waals surface area contributed by atoms with E-state index in [4.69, 9.17) is 39.1 Å². The van der Waals surface area contributed by atoms with E-state index in [0.717, 1.165) is 172 Å². The molecule has 5 aromatic carbocycles. The van der Waals surface area contributed by atoms with Crippen LogP contribution in [0.4, 0.5) is 57.1 Å². The third-order valence-electron chi connectivity index (χ3n) is 20.2. The van der Waals surface area contributed by atoms with E-state index < -0.39 is 58.5 Å². The normalized spacial score (nSPS) is 15.8. The minimum Gasteiger partial charge on any atom is -0.497 e. The van der Waals surface area contributed by atoms with Crippen molar-refractivity contribution >= 4 is 64.7 Å². The molecule has 0 saturated heterocycles. The van der Waals surface area contributed by atoms with Gasteiger partial charge < -0.3 is 68.5 Å². The molecule has 1 fully saturated rings.